The van der Waals surface area contributed by atoms with Gasteiger partial charge in [0.15, 0.2) is 0 Å². The molecule has 32 heavy (non-hydrogen) atoms. The van der Waals surface area contributed by atoms with Gasteiger partial charge in [-0.2, -0.15) is 19.0 Å². The highest BCUT2D eigenvalue weighted by atomic mass is 19.3. The van der Waals surface area contributed by atoms with Gasteiger partial charge in [-0.3, -0.25) is 4.79 Å². The first-order chi connectivity index (χ1) is 15.2. The Bertz CT molecular complexity index is 1220. The van der Waals surface area contributed by atoms with Gasteiger partial charge in [0.25, 0.3) is 0 Å². The Hall–Kier alpha value is -3.61. The van der Waals surface area contributed by atoms with Gasteiger partial charge < -0.3 is 14.6 Å². The maximum absolute atomic E-state index is 14.2. The van der Waals surface area contributed by atoms with Crippen LogP contribution >= 0.6 is 0 Å². The van der Waals surface area contributed by atoms with Gasteiger partial charge in [0.1, 0.15) is 17.7 Å². The lowest BCUT2D eigenvalue weighted by atomic mass is 9.83. The first-order valence-electron chi connectivity index (χ1n) is 10.3. The molecule has 166 valence electrons. The summed E-state index contributed by atoms with van der Waals surface area (Å²) in [5.74, 6) is -3.70. The maximum atomic E-state index is 14.2. The fraction of sp³-hybridized carbons (Fsp3) is 0.409. The molecule has 0 aliphatic heterocycles. The number of hydrogen-bond acceptors (Lipinski definition) is 6. The van der Waals surface area contributed by atoms with E-state index < -0.39 is 11.7 Å². The highest BCUT2D eigenvalue weighted by Crippen LogP contribution is 2.33. The van der Waals surface area contributed by atoms with Crippen LogP contribution in [0.2, 0.25) is 0 Å². The average molecular weight is 440 g/mol. The third-order valence-electron chi connectivity index (χ3n) is 5.35. The van der Waals surface area contributed by atoms with Crippen molar-refractivity contribution in [3.8, 4) is 17.8 Å². The second kappa shape index (κ2) is 8.15. The summed E-state index contributed by atoms with van der Waals surface area (Å²) < 4.78 is 35.8. The lowest BCUT2D eigenvalue weighted by Crippen LogP contribution is -2.33. The van der Waals surface area contributed by atoms with Crippen LogP contribution in [0.5, 0.6) is 5.88 Å². The van der Waals surface area contributed by atoms with Gasteiger partial charge in [0, 0.05) is 56.6 Å². The van der Waals surface area contributed by atoms with Crippen LogP contribution in [0.25, 0.3) is 16.7 Å². The number of pyridine rings is 1. The van der Waals surface area contributed by atoms with Gasteiger partial charge in [0.05, 0.1) is 17.5 Å². The fourth-order valence-corrected chi connectivity index (χ4v) is 3.64. The summed E-state index contributed by atoms with van der Waals surface area (Å²) in [4.78, 5) is 23.7. The number of aromatic nitrogens is 4. The Balaban J connectivity index is 1.81. The molecule has 3 heterocycles. The number of ether oxygens (including phenoxy) is 1. The number of nitriles is 1. The highest BCUT2D eigenvalue weighted by Gasteiger charge is 2.33. The van der Waals surface area contributed by atoms with E-state index in [4.69, 9.17) is 10.00 Å². The normalized spacial score (nSPS) is 18.1. The first-order valence-corrected chi connectivity index (χ1v) is 10.3. The monoisotopic (exact) mass is 440 g/mol. The molecule has 0 spiro atoms. The molecule has 0 unspecified atom stereocenters. The first kappa shape index (κ1) is 21.6. The van der Waals surface area contributed by atoms with Crippen molar-refractivity contribution in [2.45, 2.75) is 52.1 Å². The van der Waals surface area contributed by atoms with Gasteiger partial charge in [-0.15, -0.1) is 0 Å². The van der Waals surface area contributed by atoms with E-state index >= 15 is 0 Å². The van der Waals surface area contributed by atoms with Crippen LogP contribution in [0.1, 0.15) is 45.0 Å². The largest absolute Gasteiger partial charge is 0.474 e. The van der Waals surface area contributed by atoms with E-state index in [9.17, 15) is 13.6 Å². The second-order valence-electron chi connectivity index (χ2n) is 7.96. The Morgan fingerprint density at radius 3 is 2.75 bits per heavy atom. The minimum Gasteiger partial charge on any atom is -0.474 e. The number of halogens is 2. The number of rotatable bonds is 6. The van der Waals surface area contributed by atoms with Crippen molar-refractivity contribution in [3.63, 3.8) is 0 Å². The van der Waals surface area contributed by atoms with E-state index in [1.807, 2.05) is 13.1 Å². The van der Waals surface area contributed by atoms with Crippen molar-refractivity contribution in [1.29, 1.82) is 5.26 Å². The summed E-state index contributed by atoms with van der Waals surface area (Å²) >= 11 is 0. The molecule has 0 aromatic carbocycles. The van der Waals surface area contributed by atoms with Crippen LogP contribution in [-0.4, -0.2) is 31.5 Å². The molecule has 0 radical (unpaired) electrons. The van der Waals surface area contributed by atoms with Crippen molar-refractivity contribution in [2.24, 2.45) is 5.92 Å². The van der Waals surface area contributed by atoms with E-state index in [2.05, 4.69) is 26.3 Å². The number of hydrogen-bond donors (Lipinski definition) is 1. The predicted molar refractivity (Wildman–Crippen MR) is 113 cm³/mol. The standard InChI is InChI=1S/C22H22F2N6O2/c1-4-14-11-30(17-7-18(27-12(2)31)26-10-16(14)17)19-8-20(29-21(28-19)22(3,23)24)32-15-5-13(6-15)9-25/h7-8,10-11,13,15H,4-6H2,1-3H3,(H,26,27,31). The molecule has 10 heteroatoms. The number of anilines is 1. The zero-order valence-electron chi connectivity index (χ0n) is 17.9. The number of aryl methyl sites for hydroxylation is 1. The molecule has 1 aliphatic rings. The van der Waals surface area contributed by atoms with Crippen LogP contribution in [0.3, 0.4) is 0 Å². The van der Waals surface area contributed by atoms with Crippen molar-refractivity contribution >= 4 is 22.6 Å². The number of amides is 1. The Kier molecular flexibility index (Phi) is 5.50. The number of alkyl halides is 2. The third kappa shape index (κ3) is 4.23. The number of carbonyl (C=O) groups excluding carboxylic acids is 1. The fourth-order valence-electron chi connectivity index (χ4n) is 3.64. The van der Waals surface area contributed by atoms with Crippen molar-refractivity contribution in [3.05, 3.63) is 35.9 Å². The number of nitrogens with zero attached hydrogens (tertiary/aromatic N) is 5. The van der Waals surface area contributed by atoms with Crippen LogP contribution in [0.15, 0.2) is 24.5 Å². The van der Waals surface area contributed by atoms with Crippen molar-refractivity contribution < 1.29 is 18.3 Å². The van der Waals surface area contributed by atoms with Crippen molar-refractivity contribution in [2.75, 3.05) is 5.32 Å². The number of carbonyl (C=O) groups is 1. The Morgan fingerprint density at radius 1 is 1.38 bits per heavy atom. The summed E-state index contributed by atoms with van der Waals surface area (Å²) in [5, 5.41) is 12.4. The molecule has 0 saturated heterocycles. The Morgan fingerprint density at radius 2 is 2.12 bits per heavy atom. The summed E-state index contributed by atoms with van der Waals surface area (Å²) in [6.07, 6.45) is 4.96. The van der Waals surface area contributed by atoms with Crippen LogP contribution in [-0.2, 0) is 17.1 Å². The summed E-state index contributed by atoms with van der Waals surface area (Å²) in [7, 11) is 0. The zero-order valence-corrected chi connectivity index (χ0v) is 17.9. The molecule has 1 fully saturated rings. The lowest BCUT2D eigenvalue weighted by molar-refractivity contribution is -0.114. The highest BCUT2D eigenvalue weighted by molar-refractivity contribution is 5.92. The third-order valence-corrected chi connectivity index (χ3v) is 5.35. The Labute approximate surface area is 183 Å². The van der Waals surface area contributed by atoms with Gasteiger partial charge in [0.2, 0.25) is 17.6 Å². The maximum Gasteiger partial charge on any atom is 0.304 e. The van der Waals surface area contributed by atoms with Gasteiger partial charge in [-0.1, -0.05) is 6.92 Å². The van der Waals surface area contributed by atoms with Gasteiger partial charge in [-0.05, 0) is 12.0 Å². The molecule has 0 atom stereocenters. The quantitative estimate of drug-likeness (QED) is 0.618. The van der Waals surface area contributed by atoms with E-state index in [1.165, 1.54) is 13.0 Å². The molecule has 1 aliphatic carbocycles. The van der Waals surface area contributed by atoms with E-state index in [0.717, 1.165) is 17.9 Å². The molecule has 4 rings (SSSR count). The van der Waals surface area contributed by atoms with Gasteiger partial charge >= 0.3 is 5.92 Å². The molecule has 8 nitrogen and oxygen atoms in total. The summed E-state index contributed by atoms with van der Waals surface area (Å²) in [6.45, 7) is 4.08. The number of fused-ring (bicyclic) bond motifs is 1. The van der Waals surface area contributed by atoms with Crippen LogP contribution in [0, 0.1) is 17.2 Å². The van der Waals surface area contributed by atoms with E-state index in [1.54, 1.807) is 16.8 Å². The van der Waals surface area contributed by atoms with Crippen LogP contribution in [0.4, 0.5) is 14.6 Å². The van der Waals surface area contributed by atoms with E-state index in [-0.39, 0.29) is 29.6 Å². The SMILES string of the molecule is CCc1cn(-c2cc(OC3CC(C#N)C3)nc(C(C)(F)F)n2)c2cc(NC(C)=O)ncc12. The molecular formula is C22H22F2N6O2. The molecule has 1 amide bonds. The topological polar surface area (TPSA) is 106 Å². The average Bonchev–Trinajstić information content (AvgIpc) is 3.07. The number of nitrogens with one attached hydrogen (secondary N) is 1. The minimum absolute atomic E-state index is 0.0314. The van der Waals surface area contributed by atoms with Crippen molar-refractivity contribution in [1.82, 2.24) is 19.5 Å². The lowest BCUT2D eigenvalue weighted by Gasteiger charge is -2.30. The molecule has 1 saturated carbocycles. The van der Waals surface area contributed by atoms with E-state index in [0.29, 0.717) is 30.6 Å². The minimum atomic E-state index is -3.28. The molecule has 3 aromatic rings. The molecule has 3 aromatic heterocycles. The molecular weight excluding hydrogens is 418 g/mol. The van der Waals surface area contributed by atoms with Crippen LogP contribution < -0.4 is 10.1 Å². The summed E-state index contributed by atoms with van der Waals surface area (Å²) in [6, 6.07) is 5.34. The predicted octanol–water partition coefficient (Wildman–Crippen LogP) is 4.13. The zero-order chi connectivity index (χ0) is 23.0. The second-order valence-corrected chi connectivity index (χ2v) is 7.96. The molecule has 1 N–H and O–H groups in total. The summed E-state index contributed by atoms with van der Waals surface area (Å²) in [5.41, 5.74) is 1.60. The molecule has 0 bridgehead atoms. The smallest absolute Gasteiger partial charge is 0.304 e. The van der Waals surface area contributed by atoms with Gasteiger partial charge in [-0.25, -0.2) is 9.97 Å².